The zero-order chi connectivity index (χ0) is 15.8. The van der Waals surface area contributed by atoms with E-state index in [4.69, 9.17) is 12.2 Å². The number of thiocarbonyl (C=S) groups is 1. The zero-order valence-corrected chi connectivity index (χ0v) is 13.7. The largest absolute Gasteiger partial charge is 0.507 e. The van der Waals surface area contributed by atoms with Crippen molar-refractivity contribution in [2.24, 2.45) is 28.8 Å². The first-order valence-electron chi connectivity index (χ1n) is 8.26. The molecule has 0 unspecified atom stereocenters. The number of aromatic hydroxyl groups is 1. The Morgan fingerprint density at radius 2 is 2.13 bits per heavy atom. The summed E-state index contributed by atoms with van der Waals surface area (Å²) in [6.45, 7) is 0. The van der Waals surface area contributed by atoms with Crippen LogP contribution in [0.1, 0.15) is 24.8 Å². The van der Waals surface area contributed by atoms with Crippen LogP contribution in [0.25, 0.3) is 0 Å². The maximum Gasteiger partial charge on any atom is 0.187 e. The number of nitrogens with one attached hydrogen (secondary N) is 2. The molecule has 2 fully saturated rings. The topological polar surface area (TPSA) is 56.7 Å². The molecule has 120 valence electrons. The fourth-order valence-corrected chi connectivity index (χ4v) is 4.87. The molecule has 0 amide bonds. The standard InChI is InChI=1S/C18H21N3OS/c22-17-7-2-1-4-11(17)10-19-21-18(23)20-16-9-12-8-15(16)14-6-3-5-13(12)14/h1-4,6-7,10,12-16,22H,5,8-9H2,(H2,20,21,23)/b19-10+/t12-,13+,14-,15-,16+/m0/s1. The first-order chi connectivity index (χ1) is 11.2. The summed E-state index contributed by atoms with van der Waals surface area (Å²) in [5, 5.41) is 17.8. The lowest BCUT2D eigenvalue weighted by Gasteiger charge is -2.32. The van der Waals surface area contributed by atoms with Crippen LogP contribution in [-0.4, -0.2) is 22.5 Å². The summed E-state index contributed by atoms with van der Waals surface area (Å²) < 4.78 is 0. The zero-order valence-electron chi connectivity index (χ0n) is 12.9. The lowest BCUT2D eigenvalue weighted by molar-refractivity contribution is 0.246. The lowest BCUT2D eigenvalue weighted by atomic mass is 9.79. The second kappa shape index (κ2) is 5.96. The van der Waals surface area contributed by atoms with Crippen molar-refractivity contribution in [3.63, 3.8) is 0 Å². The highest BCUT2D eigenvalue weighted by atomic mass is 32.1. The molecule has 0 aliphatic heterocycles. The van der Waals surface area contributed by atoms with Crippen LogP contribution < -0.4 is 10.7 Å². The predicted molar refractivity (Wildman–Crippen MR) is 95.3 cm³/mol. The minimum Gasteiger partial charge on any atom is -0.507 e. The number of allylic oxidation sites excluding steroid dienone is 2. The maximum atomic E-state index is 9.69. The Bertz CT molecular complexity index is 672. The fourth-order valence-electron chi connectivity index (χ4n) is 4.67. The summed E-state index contributed by atoms with van der Waals surface area (Å²) in [4.78, 5) is 0. The van der Waals surface area contributed by atoms with Crippen LogP contribution in [0.15, 0.2) is 41.5 Å². The molecule has 2 saturated carbocycles. The van der Waals surface area contributed by atoms with Gasteiger partial charge in [0, 0.05) is 11.6 Å². The number of phenols is 1. The van der Waals surface area contributed by atoms with E-state index in [9.17, 15) is 5.11 Å². The number of fused-ring (bicyclic) bond motifs is 5. The third kappa shape index (κ3) is 2.74. The highest BCUT2D eigenvalue weighted by Crippen LogP contribution is 2.56. The molecule has 1 aromatic carbocycles. The van der Waals surface area contributed by atoms with Crippen LogP contribution >= 0.6 is 12.2 Å². The second-order valence-corrected chi connectivity index (χ2v) is 7.22. The van der Waals surface area contributed by atoms with Crippen molar-refractivity contribution in [2.75, 3.05) is 0 Å². The van der Waals surface area contributed by atoms with Gasteiger partial charge in [0.2, 0.25) is 0 Å². The highest BCUT2D eigenvalue weighted by molar-refractivity contribution is 7.80. The van der Waals surface area contributed by atoms with Crippen LogP contribution in [-0.2, 0) is 0 Å². The smallest absolute Gasteiger partial charge is 0.187 e. The van der Waals surface area contributed by atoms with Gasteiger partial charge in [0.15, 0.2) is 5.11 Å². The van der Waals surface area contributed by atoms with Gasteiger partial charge in [-0.05, 0) is 67.3 Å². The summed E-state index contributed by atoms with van der Waals surface area (Å²) in [6, 6.07) is 7.55. The summed E-state index contributed by atoms with van der Waals surface area (Å²) in [5.74, 6) is 3.41. The quantitative estimate of drug-likeness (QED) is 0.346. The van der Waals surface area contributed by atoms with Gasteiger partial charge in [-0.2, -0.15) is 5.10 Å². The van der Waals surface area contributed by atoms with Crippen LogP contribution in [0.4, 0.5) is 0 Å². The van der Waals surface area contributed by atoms with E-state index in [1.54, 1.807) is 24.4 Å². The lowest BCUT2D eigenvalue weighted by Crippen LogP contribution is -2.45. The molecule has 5 atom stereocenters. The molecular weight excluding hydrogens is 306 g/mol. The molecule has 3 aliphatic carbocycles. The Hall–Kier alpha value is -1.88. The Kier molecular flexibility index (Phi) is 3.81. The van der Waals surface area contributed by atoms with Crippen molar-refractivity contribution in [3.05, 3.63) is 42.0 Å². The Morgan fingerprint density at radius 1 is 1.26 bits per heavy atom. The molecule has 0 saturated heterocycles. The van der Waals surface area contributed by atoms with E-state index in [1.807, 2.05) is 6.07 Å². The minimum atomic E-state index is 0.212. The average Bonchev–Trinajstić information content (AvgIpc) is 3.21. The number of phenolic OH excluding ortho intramolecular Hbond substituents is 1. The van der Waals surface area contributed by atoms with Gasteiger partial charge < -0.3 is 10.4 Å². The Morgan fingerprint density at radius 3 is 3.00 bits per heavy atom. The van der Waals surface area contributed by atoms with Crippen LogP contribution in [0.5, 0.6) is 5.75 Å². The third-order valence-corrected chi connectivity index (χ3v) is 5.84. The monoisotopic (exact) mass is 327 g/mol. The summed E-state index contributed by atoms with van der Waals surface area (Å²) in [5.41, 5.74) is 3.53. The van der Waals surface area contributed by atoms with Crippen LogP contribution in [0, 0.1) is 23.7 Å². The van der Waals surface area contributed by atoms with Gasteiger partial charge >= 0.3 is 0 Å². The molecule has 0 spiro atoms. The van der Waals surface area contributed by atoms with Crippen LogP contribution in [0.2, 0.25) is 0 Å². The van der Waals surface area contributed by atoms with Gasteiger partial charge in [0.1, 0.15) is 5.75 Å². The third-order valence-electron chi connectivity index (χ3n) is 5.63. The fraction of sp³-hybridized carbons (Fsp3) is 0.444. The average molecular weight is 327 g/mol. The number of hydrogen-bond donors (Lipinski definition) is 3. The summed E-state index contributed by atoms with van der Waals surface area (Å²) in [6.07, 6.45) is 10.2. The number of rotatable bonds is 3. The van der Waals surface area contributed by atoms with Crippen molar-refractivity contribution >= 4 is 23.5 Å². The maximum absolute atomic E-state index is 9.69. The molecule has 5 heteroatoms. The first-order valence-corrected chi connectivity index (χ1v) is 8.67. The van der Waals surface area contributed by atoms with Gasteiger partial charge in [0.05, 0.1) is 6.21 Å². The molecule has 3 N–H and O–H groups in total. The van der Waals surface area contributed by atoms with Gasteiger partial charge in [-0.25, -0.2) is 0 Å². The first kappa shape index (κ1) is 14.7. The minimum absolute atomic E-state index is 0.212. The number of hydrogen-bond acceptors (Lipinski definition) is 3. The van der Waals surface area contributed by atoms with Crippen molar-refractivity contribution < 1.29 is 5.11 Å². The molecule has 2 bridgehead atoms. The molecule has 4 rings (SSSR count). The van der Waals surface area contributed by atoms with Gasteiger partial charge in [-0.3, -0.25) is 5.43 Å². The van der Waals surface area contributed by atoms with Crippen molar-refractivity contribution in [3.8, 4) is 5.75 Å². The van der Waals surface area contributed by atoms with E-state index in [1.165, 1.54) is 19.3 Å². The molecule has 0 heterocycles. The van der Waals surface area contributed by atoms with Crippen molar-refractivity contribution in [2.45, 2.75) is 25.3 Å². The molecule has 3 aliphatic rings. The summed E-state index contributed by atoms with van der Waals surface area (Å²) in [7, 11) is 0. The van der Waals surface area contributed by atoms with E-state index in [0.29, 0.717) is 22.6 Å². The van der Waals surface area contributed by atoms with Gasteiger partial charge in [-0.15, -0.1) is 0 Å². The Labute approximate surface area is 141 Å². The van der Waals surface area contributed by atoms with E-state index in [-0.39, 0.29) is 5.75 Å². The molecular formula is C18H21N3OS. The molecule has 0 radical (unpaired) electrons. The van der Waals surface area contributed by atoms with E-state index in [2.05, 4.69) is 28.0 Å². The summed E-state index contributed by atoms with van der Waals surface area (Å²) >= 11 is 5.36. The number of para-hydroxylation sites is 1. The highest BCUT2D eigenvalue weighted by Gasteiger charge is 2.52. The van der Waals surface area contributed by atoms with E-state index in [0.717, 1.165) is 17.8 Å². The molecule has 4 nitrogen and oxygen atoms in total. The number of nitrogens with zero attached hydrogens (tertiary/aromatic N) is 1. The molecule has 0 aromatic heterocycles. The van der Waals surface area contributed by atoms with Gasteiger partial charge in [-0.1, -0.05) is 24.3 Å². The van der Waals surface area contributed by atoms with E-state index < -0.39 is 0 Å². The van der Waals surface area contributed by atoms with Crippen molar-refractivity contribution in [1.29, 1.82) is 0 Å². The van der Waals surface area contributed by atoms with E-state index >= 15 is 0 Å². The number of benzene rings is 1. The van der Waals surface area contributed by atoms with Crippen molar-refractivity contribution in [1.82, 2.24) is 10.7 Å². The normalized spacial score (nSPS) is 34.0. The Balaban J connectivity index is 1.31. The van der Waals surface area contributed by atoms with Crippen LogP contribution in [0.3, 0.4) is 0 Å². The molecule has 23 heavy (non-hydrogen) atoms. The predicted octanol–water partition coefficient (Wildman–Crippen LogP) is 2.79. The number of hydrazone groups is 1. The SMILES string of the molecule is Oc1ccccc1/C=N/NC(=S)N[C@@H]1C[C@@H]2C[C@H]1[C@H]1C=CC[C@H]21. The van der Waals surface area contributed by atoms with Gasteiger partial charge in [0.25, 0.3) is 0 Å². The second-order valence-electron chi connectivity index (χ2n) is 6.81. The molecule has 1 aromatic rings.